The van der Waals surface area contributed by atoms with E-state index in [1.807, 2.05) is 95.3 Å². The molecule has 0 spiro atoms. The van der Waals surface area contributed by atoms with Crippen molar-refractivity contribution < 1.29 is 9.84 Å². The maximum absolute atomic E-state index is 9.10. The summed E-state index contributed by atoms with van der Waals surface area (Å²) >= 11 is 0. The second-order valence-corrected chi connectivity index (χ2v) is 7.86. The van der Waals surface area contributed by atoms with E-state index in [1.165, 1.54) is 18.4 Å². The molecule has 0 fully saturated rings. The number of aryl methyl sites for hydroxylation is 1. The fourth-order valence-corrected chi connectivity index (χ4v) is 2.85. The lowest BCUT2D eigenvalue weighted by Crippen LogP contribution is -2.06. The number of rotatable bonds is 4. The van der Waals surface area contributed by atoms with Crippen molar-refractivity contribution in [2.45, 2.75) is 67.4 Å². The van der Waals surface area contributed by atoms with E-state index >= 15 is 0 Å². The van der Waals surface area contributed by atoms with Crippen LogP contribution in [-0.2, 0) is 0 Å². The lowest BCUT2D eigenvalue weighted by Gasteiger charge is -2.11. The molecule has 182 valence electrons. The molecule has 0 bridgehead atoms. The van der Waals surface area contributed by atoms with Crippen molar-refractivity contribution in [2.75, 3.05) is 0 Å². The molecule has 3 nitrogen and oxygen atoms in total. The van der Waals surface area contributed by atoms with Gasteiger partial charge < -0.3 is 9.84 Å². The third-order valence-corrected chi connectivity index (χ3v) is 4.66. The standard InChI is InChI=1S/C13H15NO.C12H10O.C4H10.C2H6/c1-9(2)15-12-6-4-5-11-8-7-10(3)14-13(11)12;13-12-8-6-11(7-9-12)10-4-2-1-3-5-10;1-3-4-2;1-2/h4-9H,1-3H3;1-9,13H;3-4H2,1-2H3;1-2H3. The molecule has 4 rings (SSSR count). The summed E-state index contributed by atoms with van der Waals surface area (Å²) in [6.07, 6.45) is 2.82. The topological polar surface area (TPSA) is 42.4 Å². The quantitative estimate of drug-likeness (QED) is 0.331. The molecule has 0 saturated carbocycles. The van der Waals surface area contributed by atoms with Gasteiger partial charge in [0.2, 0.25) is 0 Å². The van der Waals surface area contributed by atoms with Crippen LogP contribution in [0.4, 0.5) is 0 Å². The van der Waals surface area contributed by atoms with Crippen LogP contribution in [0.25, 0.3) is 22.0 Å². The maximum Gasteiger partial charge on any atom is 0.145 e. The first-order valence-electron chi connectivity index (χ1n) is 12.3. The van der Waals surface area contributed by atoms with Gasteiger partial charge in [-0.3, -0.25) is 0 Å². The summed E-state index contributed by atoms with van der Waals surface area (Å²) in [5.74, 6) is 1.17. The maximum atomic E-state index is 9.10. The summed E-state index contributed by atoms with van der Waals surface area (Å²) in [7, 11) is 0. The second kappa shape index (κ2) is 16.3. The number of phenols is 1. The normalized spacial score (nSPS) is 9.65. The first-order chi connectivity index (χ1) is 16.4. The SMILES string of the molecule is CC.CCCC.Cc1ccc2cccc(OC(C)C)c2n1.Oc1ccc(-c2ccccc2)cc1. The van der Waals surface area contributed by atoms with E-state index in [0.29, 0.717) is 5.75 Å². The molecule has 0 radical (unpaired) electrons. The summed E-state index contributed by atoms with van der Waals surface area (Å²) in [5.41, 5.74) is 4.26. The van der Waals surface area contributed by atoms with Crippen LogP contribution in [0.3, 0.4) is 0 Å². The number of phenolic OH excluding ortho intramolecular Hbond substituents is 1. The van der Waals surface area contributed by atoms with Crippen molar-refractivity contribution in [2.24, 2.45) is 0 Å². The number of ether oxygens (including phenoxy) is 1. The van der Waals surface area contributed by atoms with E-state index in [-0.39, 0.29) is 6.10 Å². The molecule has 0 saturated heterocycles. The van der Waals surface area contributed by atoms with E-state index in [0.717, 1.165) is 27.9 Å². The minimum atomic E-state index is 0.179. The molecule has 1 aromatic heterocycles. The highest BCUT2D eigenvalue weighted by molar-refractivity contribution is 5.84. The number of aromatic hydroxyl groups is 1. The van der Waals surface area contributed by atoms with Gasteiger partial charge in [-0.1, -0.05) is 101 Å². The fraction of sp³-hybridized carbons (Fsp3) is 0.323. The van der Waals surface area contributed by atoms with Crippen LogP contribution in [0.15, 0.2) is 84.9 Å². The Balaban J connectivity index is 0.000000279. The van der Waals surface area contributed by atoms with Crippen molar-refractivity contribution in [1.29, 1.82) is 0 Å². The van der Waals surface area contributed by atoms with Crippen molar-refractivity contribution in [3.63, 3.8) is 0 Å². The average Bonchev–Trinajstić information content (AvgIpc) is 2.87. The number of benzene rings is 3. The van der Waals surface area contributed by atoms with Crippen LogP contribution in [0, 0.1) is 6.92 Å². The largest absolute Gasteiger partial charge is 0.508 e. The van der Waals surface area contributed by atoms with E-state index < -0.39 is 0 Å². The van der Waals surface area contributed by atoms with Crippen LogP contribution < -0.4 is 4.74 Å². The van der Waals surface area contributed by atoms with Crippen molar-refractivity contribution in [3.8, 4) is 22.6 Å². The molecule has 34 heavy (non-hydrogen) atoms. The Morgan fingerprint density at radius 2 is 1.32 bits per heavy atom. The van der Waals surface area contributed by atoms with Gasteiger partial charge in [0.1, 0.15) is 17.0 Å². The number of fused-ring (bicyclic) bond motifs is 1. The average molecular weight is 460 g/mol. The second-order valence-electron chi connectivity index (χ2n) is 7.86. The summed E-state index contributed by atoms with van der Waals surface area (Å²) in [6, 6.07) is 27.4. The number of nitrogens with zero attached hydrogens (tertiary/aromatic N) is 1. The molecule has 0 unspecified atom stereocenters. The van der Waals surface area contributed by atoms with Gasteiger partial charge in [0, 0.05) is 11.1 Å². The third-order valence-electron chi connectivity index (χ3n) is 4.66. The Bertz CT molecular complexity index is 1060. The number of pyridine rings is 1. The molecule has 1 N–H and O–H groups in total. The van der Waals surface area contributed by atoms with Crippen molar-refractivity contribution in [3.05, 3.63) is 90.6 Å². The number of para-hydroxylation sites is 1. The molecule has 4 aromatic rings. The fourth-order valence-electron chi connectivity index (χ4n) is 2.85. The molecule has 0 amide bonds. The Labute approximate surface area is 206 Å². The molecule has 0 aliphatic heterocycles. The Hall–Kier alpha value is -3.33. The van der Waals surface area contributed by atoms with E-state index in [2.05, 4.69) is 31.0 Å². The zero-order valence-electron chi connectivity index (χ0n) is 21.9. The van der Waals surface area contributed by atoms with Gasteiger partial charge >= 0.3 is 0 Å². The third kappa shape index (κ3) is 10.1. The summed E-state index contributed by atoms with van der Waals surface area (Å²) in [4.78, 5) is 4.50. The molecule has 0 aliphatic rings. The van der Waals surface area contributed by atoms with Gasteiger partial charge in [-0.05, 0) is 56.2 Å². The number of hydrogen-bond acceptors (Lipinski definition) is 3. The van der Waals surface area contributed by atoms with Gasteiger partial charge in [-0.2, -0.15) is 0 Å². The smallest absolute Gasteiger partial charge is 0.145 e. The summed E-state index contributed by atoms with van der Waals surface area (Å²) in [6.45, 7) is 14.4. The van der Waals surface area contributed by atoms with E-state index in [1.54, 1.807) is 12.1 Å². The monoisotopic (exact) mass is 459 g/mol. The Kier molecular flexibility index (Phi) is 13.8. The molecule has 0 atom stereocenters. The molecular formula is C31H41NO2. The van der Waals surface area contributed by atoms with Gasteiger partial charge in [0.15, 0.2) is 0 Å². The van der Waals surface area contributed by atoms with Gasteiger partial charge in [-0.15, -0.1) is 0 Å². The van der Waals surface area contributed by atoms with Crippen LogP contribution in [-0.4, -0.2) is 16.2 Å². The van der Waals surface area contributed by atoms with Gasteiger partial charge in [0.25, 0.3) is 0 Å². The molecule has 3 aromatic carbocycles. The summed E-state index contributed by atoms with van der Waals surface area (Å²) in [5, 5.41) is 10.2. The van der Waals surface area contributed by atoms with Crippen molar-refractivity contribution >= 4 is 10.9 Å². The number of unbranched alkanes of at least 4 members (excludes halogenated alkanes) is 1. The predicted molar refractivity (Wildman–Crippen MR) is 148 cm³/mol. The Morgan fingerprint density at radius 1 is 0.735 bits per heavy atom. The Morgan fingerprint density at radius 3 is 1.88 bits per heavy atom. The molecular weight excluding hydrogens is 418 g/mol. The van der Waals surface area contributed by atoms with Crippen LogP contribution in [0.2, 0.25) is 0 Å². The first-order valence-corrected chi connectivity index (χ1v) is 12.3. The van der Waals surface area contributed by atoms with Crippen LogP contribution in [0.1, 0.15) is 60.1 Å². The minimum Gasteiger partial charge on any atom is -0.508 e. The number of aromatic nitrogens is 1. The summed E-state index contributed by atoms with van der Waals surface area (Å²) < 4.78 is 5.72. The molecule has 0 aliphatic carbocycles. The molecule has 3 heteroatoms. The van der Waals surface area contributed by atoms with E-state index in [9.17, 15) is 0 Å². The van der Waals surface area contributed by atoms with Gasteiger partial charge in [-0.25, -0.2) is 4.98 Å². The molecule has 1 heterocycles. The van der Waals surface area contributed by atoms with Crippen molar-refractivity contribution in [1.82, 2.24) is 4.98 Å². The van der Waals surface area contributed by atoms with E-state index in [4.69, 9.17) is 9.84 Å². The number of hydrogen-bond donors (Lipinski definition) is 1. The predicted octanol–water partition coefficient (Wildman–Crippen LogP) is 9.22. The highest BCUT2D eigenvalue weighted by atomic mass is 16.5. The lowest BCUT2D eigenvalue weighted by atomic mass is 10.1. The van der Waals surface area contributed by atoms with Gasteiger partial charge in [0.05, 0.1) is 6.10 Å². The lowest BCUT2D eigenvalue weighted by molar-refractivity contribution is 0.245. The minimum absolute atomic E-state index is 0.179. The first kappa shape index (κ1) is 28.7. The zero-order valence-corrected chi connectivity index (χ0v) is 21.9. The zero-order chi connectivity index (χ0) is 25.3. The van der Waals surface area contributed by atoms with Crippen LogP contribution in [0.5, 0.6) is 11.5 Å². The highest BCUT2D eigenvalue weighted by Gasteiger charge is 2.05. The highest BCUT2D eigenvalue weighted by Crippen LogP contribution is 2.24. The van der Waals surface area contributed by atoms with Crippen LogP contribution >= 0.6 is 0 Å².